The number of carbonyl (C=O) groups is 4. The molecule has 0 radical (unpaired) electrons. The van der Waals surface area contributed by atoms with Gasteiger partial charge in [0, 0.05) is 73.2 Å². The lowest BCUT2D eigenvalue weighted by Crippen LogP contribution is -2.72. The first-order valence-electron chi connectivity index (χ1n) is 24.3. The molecule has 16 nitrogen and oxygen atoms in total. The van der Waals surface area contributed by atoms with E-state index in [0.717, 1.165) is 82.4 Å². The number of H-pyrrole nitrogens is 1. The number of amides is 3. The minimum atomic E-state index is -2.27. The highest BCUT2D eigenvalue weighted by atomic mass is 16.4. The van der Waals surface area contributed by atoms with Crippen molar-refractivity contribution in [3.05, 3.63) is 77.5 Å². The number of aliphatic hydroxyl groups excluding tert-OH is 2. The van der Waals surface area contributed by atoms with Gasteiger partial charge in [-0.3, -0.25) is 19.5 Å². The maximum Gasteiger partial charge on any atom is 0.335 e. The lowest BCUT2D eigenvalue weighted by Gasteiger charge is -2.64. The molecular weight excluding hydrogens is 857 g/mol. The summed E-state index contributed by atoms with van der Waals surface area (Å²) in [6, 6.07) is 12.7. The van der Waals surface area contributed by atoms with Gasteiger partial charge < -0.3 is 45.8 Å². The number of carboxylic acids is 2. The first kappa shape index (κ1) is 50.0. The molecule has 4 fully saturated rings. The number of phenolic OH excluding ortho intramolecular Hbond substituents is 1. The zero-order valence-corrected chi connectivity index (χ0v) is 39.4. The van der Waals surface area contributed by atoms with E-state index in [1.807, 2.05) is 39.2 Å². The number of piperidine rings is 2. The molecule has 0 spiro atoms. The number of aromatic amines is 1. The van der Waals surface area contributed by atoms with Crippen molar-refractivity contribution < 1.29 is 49.8 Å². The molecule has 3 amide bonds. The number of rotatable bonds is 13. The van der Waals surface area contributed by atoms with Crippen LogP contribution < -0.4 is 5.32 Å². The molecule has 2 aliphatic heterocycles. The Morgan fingerprint density at radius 1 is 0.955 bits per heavy atom. The Labute approximate surface area is 393 Å². The van der Waals surface area contributed by atoms with Crippen LogP contribution in [-0.4, -0.2) is 169 Å². The van der Waals surface area contributed by atoms with E-state index in [1.165, 1.54) is 64.8 Å². The quantitative estimate of drug-likeness (QED) is 0.111. The number of aliphatic hydroxyl groups is 3. The van der Waals surface area contributed by atoms with Gasteiger partial charge in [-0.1, -0.05) is 43.5 Å². The molecule has 9 rings (SSSR count). The number of hydrogen-bond donors (Lipinski definition) is 8. The van der Waals surface area contributed by atoms with Crippen molar-refractivity contribution in [2.24, 2.45) is 11.8 Å². The van der Waals surface area contributed by atoms with Gasteiger partial charge in [-0.25, -0.2) is 14.4 Å². The van der Waals surface area contributed by atoms with E-state index in [4.69, 9.17) is 20.4 Å². The second kappa shape index (κ2) is 21.2. The number of urea groups is 1. The highest BCUT2D eigenvalue weighted by molar-refractivity contribution is 5.96. The molecule has 3 aromatic rings. The summed E-state index contributed by atoms with van der Waals surface area (Å²) in [7, 11) is 4.01. The monoisotopic (exact) mass is 929 g/mol. The van der Waals surface area contributed by atoms with Crippen LogP contribution >= 0.6 is 0 Å². The number of carbonyl (C=O) groups excluding carboxylic acids is 2. The molecule has 1 aromatic heterocycles. The first-order chi connectivity index (χ1) is 32.0. The Balaban J connectivity index is 0.000000170. The molecule has 3 heterocycles. The Bertz CT molecular complexity index is 2240. The number of fused-ring (bicyclic) bond motifs is 3. The smallest absolute Gasteiger partial charge is 0.335 e. The van der Waals surface area contributed by atoms with Crippen molar-refractivity contribution in [1.82, 2.24) is 29.9 Å². The minimum absolute atomic E-state index is 0.0562. The van der Waals surface area contributed by atoms with Gasteiger partial charge in [0.05, 0.1) is 11.5 Å². The highest BCUT2D eigenvalue weighted by Crippen LogP contribution is 2.58. The Morgan fingerprint density at radius 2 is 1.69 bits per heavy atom. The summed E-state index contributed by atoms with van der Waals surface area (Å²) in [5, 5.41) is 58.7. The van der Waals surface area contributed by atoms with Crippen molar-refractivity contribution in [2.45, 2.75) is 125 Å². The SMILES string of the molecule is C=CCN1C[C@H](C(=O)N(CCCN(C)C)C(=O)NCC)C[C@@H]2c3cccc4[nH]cc(c34)C[C@H]21.O=C(O)C(O)C(O)C(=O)O.Oc1ccc2c(c1)[C@@]13CCCC[C@@]1(O)[C@@H](C2)N(CC1CCC1)CC3. The highest BCUT2D eigenvalue weighted by Gasteiger charge is 2.63. The maximum atomic E-state index is 13.7. The molecule has 67 heavy (non-hydrogen) atoms. The summed E-state index contributed by atoms with van der Waals surface area (Å²) in [4.78, 5) is 58.1. The third-order valence-electron chi connectivity index (χ3n) is 15.7. The number of aromatic nitrogens is 1. The van der Waals surface area contributed by atoms with Crippen molar-refractivity contribution >= 4 is 34.8 Å². The minimum Gasteiger partial charge on any atom is -0.508 e. The van der Waals surface area contributed by atoms with Gasteiger partial charge in [0.15, 0.2) is 12.2 Å². The number of phenols is 1. The summed E-state index contributed by atoms with van der Waals surface area (Å²) >= 11 is 0. The van der Waals surface area contributed by atoms with Gasteiger partial charge in [0.25, 0.3) is 0 Å². The maximum absolute atomic E-state index is 13.7. The number of benzene rings is 2. The second-order valence-corrected chi connectivity index (χ2v) is 20.0. The number of nitrogens with zero attached hydrogens (tertiary/aromatic N) is 4. The van der Waals surface area contributed by atoms with E-state index >= 15 is 0 Å². The summed E-state index contributed by atoms with van der Waals surface area (Å²) in [6.45, 7) is 11.3. The van der Waals surface area contributed by atoms with Crippen molar-refractivity contribution in [3.8, 4) is 5.75 Å². The molecule has 2 saturated carbocycles. The van der Waals surface area contributed by atoms with E-state index in [-0.39, 0.29) is 35.2 Å². The first-order valence-corrected chi connectivity index (χ1v) is 24.3. The number of carboxylic acid groups (broad SMARTS) is 2. The van der Waals surface area contributed by atoms with E-state index in [2.05, 4.69) is 62.0 Å². The average Bonchev–Trinajstić information content (AvgIpc) is 3.70. The van der Waals surface area contributed by atoms with Crippen LogP contribution in [0.25, 0.3) is 10.9 Å². The molecule has 6 aliphatic rings. The van der Waals surface area contributed by atoms with E-state index in [0.29, 0.717) is 31.4 Å². The molecule has 8 N–H and O–H groups in total. The van der Waals surface area contributed by atoms with Crippen LogP contribution in [0.15, 0.2) is 55.3 Å². The summed E-state index contributed by atoms with van der Waals surface area (Å²) in [5.41, 5.74) is 5.73. The molecule has 8 atom stereocenters. The van der Waals surface area contributed by atoms with Gasteiger partial charge >= 0.3 is 18.0 Å². The third-order valence-corrected chi connectivity index (χ3v) is 15.7. The van der Waals surface area contributed by atoms with Crippen LogP contribution in [0.4, 0.5) is 4.79 Å². The Morgan fingerprint density at radius 3 is 2.34 bits per heavy atom. The number of hydrogen-bond acceptors (Lipinski definition) is 11. The van der Waals surface area contributed by atoms with Crippen molar-refractivity contribution in [1.29, 1.82) is 0 Å². The molecule has 4 aliphatic carbocycles. The van der Waals surface area contributed by atoms with Crippen molar-refractivity contribution in [3.63, 3.8) is 0 Å². The topological polar surface area (TPSA) is 230 Å². The molecule has 16 heteroatoms. The van der Waals surface area contributed by atoms with Crippen LogP contribution in [0.5, 0.6) is 5.75 Å². The standard InChI is InChI=1S/C26H37N5O2.C21H29NO2.C4H6O6/c1-5-11-30-17-19(25(32)31(26(33)27-6-2)13-8-12-29(3)4)14-21-20-9-7-10-22-24(20)18(16-28-22)15-23(21)30;23-17-7-6-16-12-19-21(24)9-2-1-8-20(21,18(16)13-17)10-11-22(19)14-15-4-3-5-15;5-1(3(7)8)2(6)4(9)10/h5,7,9-10,16,19,21,23,28H,1,6,8,11-15,17H2,2-4H3,(H,27,33);6-7,13,15,19,23-24H,1-5,8-12,14H2;1-2,5-6H,(H,7,8)(H,9,10)/t19-,21-,23-;19-,20+,21-;/m11./s1. The second-order valence-electron chi connectivity index (χ2n) is 20.0. The number of imide groups is 1. The number of nitrogens with one attached hydrogen (secondary N) is 2. The predicted molar refractivity (Wildman–Crippen MR) is 254 cm³/mol. The summed E-state index contributed by atoms with van der Waals surface area (Å²) in [5.74, 6) is -2.34. The van der Waals surface area contributed by atoms with Gasteiger partial charge in [-0.15, -0.1) is 6.58 Å². The van der Waals surface area contributed by atoms with Gasteiger partial charge in [0.2, 0.25) is 5.91 Å². The Kier molecular flexibility index (Phi) is 15.8. The Hall–Kier alpha value is -4.84. The van der Waals surface area contributed by atoms with E-state index < -0.39 is 29.7 Å². The summed E-state index contributed by atoms with van der Waals surface area (Å²) < 4.78 is 0. The molecule has 2 unspecified atom stereocenters. The van der Waals surface area contributed by atoms with Crippen LogP contribution in [0.1, 0.15) is 99.3 Å². The molecule has 366 valence electrons. The zero-order chi connectivity index (χ0) is 48.2. The summed E-state index contributed by atoms with van der Waals surface area (Å²) in [6.07, 6.45) is 12.5. The van der Waals surface area contributed by atoms with Crippen LogP contribution in [-0.2, 0) is 32.6 Å². The zero-order valence-electron chi connectivity index (χ0n) is 39.4. The van der Waals surface area contributed by atoms with E-state index in [9.17, 15) is 29.4 Å². The van der Waals surface area contributed by atoms with Gasteiger partial charge in [-0.05, 0) is 138 Å². The fourth-order valence-electron chi connectivity index (χ4n) is 12.3. The molecular formula is C51H72N6O10. The van der Waals surface area contributed by atoms with Crippen molar-refractivity contribution in [2.75, 3.05) is 59.9 Å². The van der Waals surface area contributed by atoms with Crippen LogP contribution in [0, 0.1) is 11.8 Å². The predicted octanol–water partition coefficient (Wildman–Crippen LogP) is 4.44. The molecule has 2 bridgehead atoms. The third kappa shape index (κ3) is 10.2. The van der Waals surface area contributed by atoms with Gasteiger partial charge in [0.1, 0.15) is 5.75 Å². The fraction of sp³-hybridized carbons (Fsp3) is 0.608. The number of aromatic hydroxyl groups is 1. The van der Waals surface area contributed by atoms with Crippen LogP contribution in [0.2, 0.25) is 0 Å². The largest absolute Gasteiger partial charge is 0.508 e. The normalized spacial score (nSPS) is 27.3. The molecule has 2 aromatic carbocycles. The lowest BCUT2D eigenvalue weighted by atomic mass is 9.49. The lowest BCUT2D eigenvalue weighted by molar-refractivity contribution is -0.169. The van der Waals surface area contributed by atoms with Crippen LogP contribution in [0.3, 0.4) is 0 Å². The average molecular weight is 929 g/mol. The number of likely N-dealkylation sites (tertiary alicyclic amines) is 2. The van der Waals surface area contributed by atoms with Gasteiger partial charge in [-0.2, -0.15) is 0 Å². The van der Waals surface area contributed by atoms with E-state index in [1.54, 1.807) is 0 Å². The molecule has 2 saturated heterocycles. The number of aliphatic carboxylic acids is 2. The fourth-order valence-corrected chi connectivity index (χ4v) is 12.3.